The molecular weight excluding hydrogens is 276 g/mol. The molecule has 0 atom stereocenters. The summed E-state index contributed by atoms with van der Waals surface area (Å²) in [5.41, 5.74) is 1.55. The summed E-state index contributed by atoms with van der Waals surface area (Å²) in [4.78, 5) is 12.0. The third-order valence-electron chi connectivity index (χ3n) is 2.82. The molecular formula is C16H15ClO3. The Morgan fingerprint density at radius 2 is 1.90 bits per heavy atom. The number of rotatable bonds is 6. The maximum Gasteiger partial charge on any atom is 0.188 e. The van der Waals surface area contributed by atoms with Crippen molar-refractivity contribution in [3.8, 4) is 5.75 Å². The van der Waals surface area contributed by atoms with Gasteiger partial charge < -0.3 is 9.47 Å². The van der Waals surface area contributed by atoms with E-state index in [2.05, 4.69) is 0 Å². The summed E-state index contributed by atoms with van der Waals surface area (Å²) >= 11 is 5.99. The van der Waals surface area contributed by atoms with E-state index >= 15 is 0 Å². The molecule has 0 aliphatic heterocycles. The largest absolute Gasteiger partial charge is 0.495 e. The Morgan fingerprint density at radius 3 is 2.55 bits per heavy atom. The fourth-order valence-electron chi connectivity index (χ4n) is 1.76. The standard InChI is InChI=1S/C16H15ClO3/c1-19-16-8-7-13(9-14(16)17)15(18)11-20-10-12-5-3-2-4-6-12/h2-9H,10-11H2,1H3. The molecule has 2 rings (SSSR count). The number of carbonyl (C=O) groups is 1. The van der Waals surface area contributed by atoms with E-state index in [0.29, 0.717) is 22.9 Å². The molecule has 0 aromatic heterocycles. The van der Waals surface area contributed by atoms with Crippen molar-refractivity contribution < 1.29 is 14.3 Å². The number of hydrogen-bond donors (Lipinski definition) is 0. The van der Waals surface area contributed by atoms with E-state index in [1.165, 1.54) is 7.11 Å². The maximum absolute atomic E-state index is 12.0. The van der Waals surface area contributed by atoms with E-state index < -0.39 is 0 Å². The van der Waals surface area contributed by atoms with Crippen molar-refractivity contribution in [3.63, 3.8) is 0 Å². The first kappa shape index (κ1) is 14.6. The van der Waals surface area contributed by atoms with E-state index in [1.807, 2.05) is 30.3 Å². The molecule has 2 aromatic carbocycles. The monoisotopic (exact) mass is 290 g/mol. The summed E-state index contributed by atoms with van der Waals surface area (Å²) in [6.45, 7) is 0.439. The highest BCUT2D eigenvalue weighted by Crippen LogP contribution is 2.25. The Hall–Kier alpha value is -1.84. The van der Waals surface area contributed by atoms with Gasteiger partial charge >= 0.3 is 0 Å². The van der Waals surface area contributed by atoms with Crippen molar-refractivity contribution in [2.45, 2.75) is 6.61 Å². The molecule has 0 fully saturated rings. The number of hydrogen-bond acceptors (Lipinski definition) is 3. The Labute approximate surface area is 123 Å². The lowest BCUT2D eigenvalue weighted by Crippen LogP contribution is -2.09. The molecule has 20 heavy (non-hydrogen) atoms. The average Bonchev–Trinajstić information content (AvgIpc) is 2.48. The lowest BCUT2D eigenvalue weighted by Gasteiger charge is -2.06. The molecule has 0 heterocycles. The zero-order valence-corrected chi connectivity index (χ0v) is 11.9. The van der Waals surface area contributed by atoms with Gasteiger partial charge in [-0.15, -0.1) is 0 Å². The van der Waals surface area contributed by atoms with Crippen LogP contribution in [0.2, 0.25) is 5.02 Å². The molecule has 3 nitrogen and oxygen atoms in total. The minimum Gasteiger partial charge on any atom is -0.495 e. The number of halogens is 1. The number of carbonyl (C=O) groups excluding carboxylic acids is 1. The second-order valence-electron chi connectivity index (χ2n) is 4.25. The molecule has 0 N–H and O–H groups in total. The molecule has 0 aliphatic rings. The van der Waals surface area contributed by atoms with Gasteiger partial charge in [0.05, 0.1) is 18.7 Å². The summed E-state index contributed by atoms with van der Waals surface area (Å²) in [6, 6.07) is 14.7. The highest BCUT2D eigenvalue weighted by Gasteiger charge is 2.09. The maximum atomic E-state index is 12.0. The van der Waals surface area contributed by atoms with Gasteiger partial charge in [-0.25, -0.2) is 0 Å². The van der Waals surface area contributed by atoms with Gasteiger partial charge in [0, 0.05) is 5.56 Å². The van der Waals surface area contributed by atoms with Crippen molar-refractivity contribution in [1.82, 2.24) is 0 Å². The lowest BCUT2D eigenvalue weighted by atomic mass is 10.1. The van der Waals surface area contributed by atoms with Crippen LogP contribution in [-0.4, -0.2) is 19.5 Å². The quantitative estimate of drug-likeness (QED) is 0.760. The van der Waals surface area contributed by atoms with Gasteiger partial charge in [0.15, 0.2) is 5.78 Å². The van der Waals surface area contributed by atoms with E-state index in [4.69, 9.17) is 21.1 Å². The van der Waals surface area contributed by atoms with Gasteiger partial charge in [-0.2, -0.15) is 0 Å². The number of methoxy groups -OCH3 is 1. The Balaban J connectivity index is 1.90. The zero-order chi connectivity index (χ0) is 14.4. The second kappa shape index (κ2) is 7.08. The number of ketones is 1. The van der Waals surface area contributed by atoms with Crippen LogP contribution in [0.15, 0.2) is 48.5 Å². The highest BCUT2D eigenvalue weighted by atomic mass is 35.5. The molecule has 0 radical (unpaired) electrons. The Kier molecular flexibility index (Phi) is 5.16. The first-order valence-corrected chi connectivity index (χ1v) is 6.57. The summed E-state index contributed by atoms with van der Waals surface area (Å²) in [5.74, 6) is 0.443. The topological polar surface area (TPSA) is 35.5 Å². The SMILES string of the molecule is COc1ccc(C(=O)COCc2ccccc2)cc1Cl. The summed E-state index contributed by atoms with van der Waals surface area (Å²) in [7, 11) is 1.53. The van der Waals surface area contributed by atoms with Crippen LogP contribution in [0.5, 0.6) is 5.75 Å². The summed E-state index contributed by atoms with van der Waals surface area (Å²) in [5, 5.41) is 0.418. The minimum absolute atomic E-state index is 0.0253. The van der Waals surface area contributed by atoms with Gasteiger partial charge in [0.2, 0.25) is 0 Å². The van der Waals surface area contributed by atoms with Gasteiger partial charge in [0.1, 0.15) is 12.4 Å². The van der Waals surface area contributed by atoms with Crippen LogP contribution in [0.3, 0.4) is 0 Å². The van der Waals surface area contributed by atoms with Gasteiger partial charge in [0.25, 0.3) is 0 Å². The molecule has 0 unspecified atom stereocenters. The molecule has 0 amide bonds. The van der Waals surface area contributed by atoms with E-state index in [1.54, 1.807) is 18.2 Å². The predicted octanol–water partition coefficient (Wildman–Crippen LogP) is 3.75. The van der Waals surface area contributed by atoms with Crippen molar-refractivity contribution in [2.75, 3.05) is 13.7 Å². The minimum atomic E-state index is -0.106. The third kappa shape index (κ3) is 3.83. The van der Waals surface area contributed by atoms with E-state index in [0.717, 1.165) is 5.56 Å². The molecule has 4 heteroatoms. The van der Waals surface area contributed by atoms with Crippen molar-refractivity contribution in [2.24, 2.45) is 0 Å². The van der Waals surface area contributed by atoms with Crippen molar-refractivity contribution in [3.05, 3.63) is 64.7 Å². The molecule has 2 aromatic rings. The molecule has 0 saturated carbocycles. The Morgan fingerprint density at radius 1 is 1.15 bits per heavy atom. The molecule has 0 spiro atoms. The van der Waals surface area contributed by atoms with Crippen LogP contribution >= 0.6 is 11.6 Å². The van der Waals surface area contributed by atoms with Crippen LogP contribution < -0.4 is 4.74 Å². The predicted molar refractivity (Wildman–Crippen MR) is 78.4 cm³/mol. The van der Waals surface area contributed by atoms with Gasteiger partial charge in [-0.05, 0) is 23.8 Å². The molecule has 0 bridgehead atoms. The normalized spacial score (nSPS) is 10.3. The lowest BCUT2D eigenvalue weighted by molar-refractivity contribution is 0.0726. The summed E-state index contributed by atoms with van der Waals surface area (Å²) in [6.07, 6.45) is 0. The second-order valence-corrected chi connectivity index (χ2v) is 4.66. The van der Waals surface area contributed by atoms with Crippen molar-refractivity contribution >= 4 is 17.4 Å². The van der Waals surface area contributed by atoms with E-state index in [9.17, 15) is 4.79 Å². The Bertz CT molecular complexity index is 582. The number of ether oxygens (including phenoxy) is 2. The molecule has 0 saturated heterocycles. The zero-order valence-electron chi connectivity index (χ0n) is 11.1. The fourth-order valence-corrected chi connectivity index (χ4v) is 2.02. The highest BCUT2D eigenvalue weighted by molar-refractivity contribution is 6.32. The van der Waals surface area contributed by atoms with Gasteiger partial charge in [-0.3, -0.25) is 4.79 Å². The van der Waals surface area contributed by atoms with Gasteiger partial charge in [-0.1, -0.05) is 41.9 Å². The number of benzene rings is 2. The van der Waals surface area contributed by atoms with Crippen LogP contribution in [0, 0.1) is 0 Å². The first-order chi connectivity index (χ1) is 9.70. The third-order valence-corrected chi connectivity index (χ3v) is 3.11. The van der Waals surface area contributed by atoms with Crippen LogP contribution in [0.1, 0.15) is 15.9 Å². The molecule has 0 aliphatic carbocycles. The smallest absolute Gasteiger partial charge is 0.188 e. The van der Waals surface area contributed by atoms with Crippen molar-refractivity contribution in [1.29, 1.82) is 0 Å². The number of Topliss-reactive ketones (excluding diaryl/α,β-unsaturated/α-hetero) is 1. The van der Waals surface area contributed by atoms with Crippen LogP contribution in [0.25, 0.3) is 0 Å². The summed E-state index contributed by atoms with van der Waals surface area (Å²) < 4.78 is 10.5. The van der Waals surface area contributed by atoms with E-state index in [-0.39, 0.29) is 12.4 Å². The average molecular weight is 291 g/mol. The first-order valence-electron chi connectivity index (χ1n) is 6.19. The van der Waals surface area contributed by atoms with Crippen LogP contribution in [-0.2, 0) is 11.3 Å². The fraction of sp³-hybridized carbons (Fsp3) is 0.188. The molecule has 104 valence electrons. The van der Waals surface area contributed by atoms with Crippen LogP contribution in [0.4, 0.5) is 0 Å².